The molecule has 0 radical (unpaired) electrons. The highest BCUT2D eigenvalue weighted by atomic mass is 28.4. The smallest absolute Gasteiger partial charge is 0.423 e. The minimum Gasteiger partial charge on any atom is -0.423 e. The molecule has 2 aromatic carbocycles. The fourth-order valence-electron chi connectivity index (χ4n) is 4.25. The van der Waals surface area contributed by atoms with Crippen LogP contribution in [-0.2, 0) is 24.6 Å². The highest BCUT2D eigenvalue weighted by molar-refractivity contribution is 6.64. The number of ether oxygens (including phenoxy) is 2. The van der Waals surface area contributed by atoms with E-state index in [2.05, 4.69) is 0 Å². The summed E-state index contributed by atoms with van der Waals surface area (Å²) in [5.41, 5.74) is 1.95. The van der Waals surface area contributed by atoms with Gasteiger partial charge in [-0.25, -0.2) is 4.79 Å². The van der Waals surface area contributed by atoms with Crippen molar-refractivity contribution in [3.8, 4) is 5.75 Å². The van der Waals surface area contributed by atoms with Gasteiger partial charge in [0.1, 0.15) is 5.75 Å². The largest absolute Gasteiger partial charge is 0.505 e. The van der Waals surface area contributed by atoms with Crippen molar-refractivity contribution in [3.63, 3.8) is 0 Å². The highest BCUT2D eigenvalue weighted by Crippen LogP contribution is 2.77. The number of carbonyl (C=O) groups excluding carboxylic acids is 1. The molecule has 0 saturated heterocycles. The maximum absolute atomic E-state index is 12.1. The van der Waals surface area contributed by atoms with Crippen molar-refractivity contribution in [2.45, 2.75) is 39.0 Å². The summed E-state index contributed by atoms with van der Waals surface area (Å²) in [4.78, 5) is 12.1. The molecule has 0 aliphatic heterocycles. The molecule has 0 heterocycles. The minimum atomic E-state index is -2.60. The number of esters is 1. The van der Waals surface area contributed by atoms with Crippen molar-refractivity contribution in [1.29, 1.82) is 0 Å². The Bertz CT molecular complexity index is 844. The van der Waals surface area contributed by atoms with Crippen LogP contribution in [0.5, 0.6) is 5.75 Å². The van der Waals surface area contributed by atoms with E-state index in [1.54, 1.807) is 24.3 Å². The van der Waals surface area contributed by atoms with E-state index in [1.165, 1.54) is 0 Å². The second-order valence-electron chi connectivity index (χ2n) is 7.76. The lowest BCUT2D eigenvalue weighted by molar-refractivity contribution is 0.0359. The van der Waals surface area contributed by atoms with Crippen molar-refractivity contribution < 1.29 is 27.5 Å². The average molecular weight is 443 g/mol. The van der Waals surface area contributed by atoms with Crippen LogP contribution in [0.1, 0.15) is 36.7 Å². The van der Waals surface area contributed by atoms with Gasteiger partial charge in [0.2, 0.25) is 0 Å². The third kappa shape index (κ3) is 4.76. The van der Waals surface area contributed by atoms with Crippen LogP contribution in [0, 0.1) is 11.8 Å². The average Bonchev–Trinajstić information content (AvgIpc) is 3.68. The normalized spacial score (nSPS) is 23.8. The van der Waals surface area contributed by atoms with Gasteiger partial charge < -0.3 is 22.8 Å². The van der Waals surface area contributed by atoms with Gasteiger partial charge in [-0.3, -0.25) is 0 Å². The third-order valence-corrected chi connectivity index (χ3v) is 9.44. The van der Waals surface area contributed by atoms with Gasteiger partial charge in [0.15, 0.2) is 0 Å². The summed E-state index contributed by atoms with van der Waals surface area (Å²) in [5.74, 6) is 1.14. The Morgan fingerprint density at radius 3 is 1.97 bits per heavy atom. The van der Waals surface area contributed by atoms with Crippen molar-refractivity contribution in [2.24, 2.45) is 11.8 Å². The maximum atomic E-state index is 12.1. The van der Waals surface area contributed by atoms with Gasteiger partial charge in [-0.1, -0.05) is 30.3 Å². The molecule has 0 bridgehead atoms. The van der Waals surface area contributed by atoms with Crippen LogP contribution in [0.15, 0.2) is 54.6 Å². The molecule has 2 unspecified atom stereocenters. The van der Waals surface area contributed by atoms with Crippen LogP contribution < -0.4 is 4.74 Å². The fourth-order valence-corrected chi connectivity index (χ4v) is 7.94. The van der Waals surface area contributed by atoms with Crippen molar-refractivity contribution in [2.75, 3.05) is 19.8 Å². The number of benzene rings is 2. The number of hydrogen-bond acceptors (Lipinski definition) is 6. The predicted octanol–water partition coefficient (Wildman–Crippen LogP) is 4.47. The number of fused-ring (bicyclic) bond motifs is 1. The number of rotatable bonds is 12. The molecule has 0 spiro atoms. The zero-order valence-electron chi connectivity index (χ0n) is 18.3. The first-order valence-corrected chi connectivity index (χ1v) is 12.8. The number of carbonyl (C=O) groups is 1. The fraction of sp³-hybridized carbons (Fsp3) is 0.458. The van der Waals surface area contributed by atoms with Crippen LogP contribution >= 0.6 is 0 Å². The van der Waals surface area contributed by atoms with E-state index in [0.717, 1.165) is 5.56 Å². The third-order valence-electron chi connectivity index (χ3n) is 5.78. The van der Waals surface area contributed by atoms with E-state index in [0.29, 0.717) is 55.1 Å². The topological polar surface area (TPSA) is 63.2 Å². The second-order valence-corrected chi connectivity index (χ2v) is 10.5. The molecule has 2 aliphatic carbocycles. The van der Waals surface area contributed by atoms with Crippen molar-refractivity contribution in [1.82, 2.24) is 0 Å². The molecule has 0 amide bonds. The van der Waals surface area contributed by atoms with E-state index in [9.17, 15) is 4.79 Å². The monoisotopic (exact) mass is 442 g/mol. The van der Waals surface area contributed by atoms with Gasteiger partial charge in [-0.15, -0.1) is 0 Å². The molecule has 0 aromatic heterocycles. The molecule has 31 heavy (non-hydrogen) atoms. The Morgan fingerprint density at radius 2 is 1.42 bits per heavy atom. The minimum absolute atomic E-state index is 0.258. The van der Waals surface area contributed by atoms with Crippen LogP contribution in [0.4, 0.5) is 0 Å². The van der Waals surface area contributed by atoms with E-state index < -0.39 is 8.80 Å². The predicted molar refractivity (Wildman–Crippen MR) is 118 cm³/mol. The molecule has 166 valence electrons. The van der Waals surface area contributed by atoms with E-state index >= 15 is 0 Å². The first-order chi connectivity index (χ1) is 15.1. The summed E-state index contributed by atoms with van der Waals surface area (Å²) in [7, 11) is -2.60. The summed E-state index contributed by atoms with van der Waals surface area (Å²) in [6, 6.07) is 16.4. The quantitative estimate of drug-likeness (QED) is 0.275. The summed E-state index contributed by atoms with van der Waals surface area (Å²) in [6.45, 7) is 8.32. The SMILES string of the molecule is CCO[Si](OCC)(OCC)C1C2C(OCc3ccc(OC(=O)c4ccccc4)cc3)C21. The van der Waals surface area contributed by atoms with Gasteiger partial charge in [0, 0.05) is 25.4 Å². The molecule has 2 atom stereocenters. The molecule has 2 fully saturated rings. The van der Waals surface area contributed by atoms with E-state index in [1.807, 2.05) is 51.1 Å². The highest BCUT2D eigenvalue weighted by Gasteiger charge is 2.84. The summed E-state index contributed by atoms with van der Waals surface area (Å²) < 4.78 is 29.6. The molecule has 2 aromatic rings. The van der Waals surface area contributed by atoms with Crippen LogP contribution in [0.2, 0.25) is 5.54 Å². The molecule has 2 saturated carbocycles. The molecular formula is C24H30O6Si. The van der Waals surface area contributed by atoms with Gasteiger partial charge in [-0.2, -0.15) is 0 Å². The molecular weight excluding hydrogens is 412 g/mol. The van der Waals surface area contributed by atoms with Crippen molar-refractivity contribution in [3.05, 3.63) is 65.7 Å². The first kappa shape index (κ1) is 22.2. The molecule has 2 aliphatic rings. The lowest BCUT2D eigenvalue weighted by Crippen LogP contribution is -2.49. The van der Waals surface area contributed by atoms with Crippen LogP contribution in [-0.4, -0.2) is 40.7 Å². The zero-order valence-corrected chi connectivity index (χ0v) is 19.3. The Hall–Kier alpha value is -2.03. The first-order valence-electron chi connectivity index (χ1n) is 11.0. The van der Waals surface area contributed by atoms with Gasteiger partial charge in [0.05, 0.1) is 18.3 Å². The molecule has 0 N–H and O–H groups in total. The van der Waals surface area contributed by atoms with Crippen LogP contribution in [0.25, 0.3) is 0 Å². The molecule has 6 nitrogen and oxygen atoms in total. The van der Waals surface area contributed by atoms with Gasteiger partial charge in [0.25, 0.3) is 0 Å². The Morgan fingerprint density at radius 1 is 0.839 bits per heavy atom. The van der Waals surface area contributed by atoms with Crippen LogP contribution in [0.3, 0.4) is 0 Å². The van der Waals surface area contributed by atoms with Crippen molar-refractivity contribution >= 4 is 14.8 Å². The van der Waals surface area contributed by atoms with Gasteiger partial charge >= 0.3 is 14.8 Å². The summed E-state index contributed by atoms with van der Waals surface area (Å²) in [6.07, 6.45) is 0.258. The summed E-state index contributed by atoms with van der Waals surface area (Å²) in [5, 5.41) is 0. The standard InChI is InChI=1S/C24H30O6Si/c1-4-27-31(28-5-2,29-6-3)23-20-21(23)22(20)26-16-17-12-14-19(15-13-17)30-24(25)18-10-8-7-9-11-18/h7-15,20-23H,4-6,16H2,1-3H3. The Kier molecular flexibility index (Phi) is 6.88. The molecule has 7 heteroatoms. The van der Waals surface area contributed by atoms with Gasteiger partial charge in [-0.05, 0) is 62.4 Å². The zero-order chi connectivity index (χ0) is 21.8. The second kappa shape index (κ2) is 9.63. The Balaban J connectivity index is 1.25. The lowest BCUT2D eigenvalue weighted by atomic mass is 10.2. The molecule has 4 rings (SSSR count). The van der Waals surface area contributed by atoms with E-state index in [4.69, 9.17) is 22.8 Å². The number of hydrogen-bond donors (Lipinski definition) is 0. The Labute approximate surface area is 184 Å². The van der Waals surface area contributed by atoms with E-state index in [-0.39, 0.29) is 12.1 Å². The summed E-state index contributed by atoms with van der Waals surface area (Å²) >= 11 is 0. The maximum Gasteiger partial charge on any atom is 0.505 e. The lowest BCUT2D eigenvalue weighted by Gasteiger charge is -2.32.